The average Bonchev–Trinajstić information content (AvgIpc) is 2.77. The van der Waals surface area contributed by atoms with Crippen molar-refractivity contribution in [1.29, 1.82) is 0 Å². The molecule has 0 aromatic carbocycles. The summed E-state index contributed by atoms with van der Waals surface area (Å²) in [7, 11) is 0. The molecule has 0 N–H and O–H groups in total. The summed E-state index contributed by atoms with van der Waals surface area (Å²) in [6.45, 7) is 5.91. The van der Waals surface area contributed by atoms with Gasteiger partial charge in [-0.15, -0.1) is 0 Å². The van der Waals surface area contributed by atoms with Gasteiger partial charge in [0.15, 0.2) is 0 Å². The van der Waals surface area contributed by atoms with Crippen LogP contribution in [0.15, 0.2) is 23.3 Å². The molecule has 2 aliphatic heterocycles. The predicted molar refractivity (Wildman–Crippen MR) is 115 cm³/mol. The molecule has 0 atom stereocenters. The third kappa shape index (κ3) is 4.35. The zero-order chi connectivity index (χ0) is 22.0. The molecule has 0 unspecified atom stereocenters. The van der Waals surface area contributed by atoms with Crippen molar-refractivity contribution in [2.75, 3.05) is 24.5 Å². The summed E-state index contributed by atoms with van der Waals surface area (Å²) in [6.07, 6.45) is 6.60. The molecule has 2 aromatic heterocycles. The minimum Gasteiger partial charge on any atom is -0.341 e. The Morgan fingerprint density at radius 2 is 1.94 bits per heavy atom. The molecule has 164 valence electrons. The smallest absolute Gasteiger partial charge is 0.341 e. The van der Waals surface area contributed by atoms with Crippen LogP contribution in [0.2, 0.25) is 0 Å². The molecule has 31 heavy (non-hydrogen) atoms. The van der Waals surface area contributed by atoms with Gasteiger partial charge in [0.05, 0.1) is 0 Å². The maximum absolute atomic E-state index is 12.6. The van der Waals surface area contributed by atoms with Crippen molar-refractivity contribution in [3.05, 3.63) is 46.0 Å². The lowest BCUT2D eigenvalue weighted by atomic mass is 9.94. The predicted octanol–water partition coefficient (Wildman–Crippen LogP) is 1.44. The van der Waals surface area contributed by atoms with Crippen LogP contribution in [0.3, 0.4) is 0 Å². The number of amides is 2. The third-order valence-electron chi connectivity index (χ3n) is 6.10. The summed E-state index contributed by atoms with van der Waals surface area (Å²) in [5.74, 6) is 1.73. The molecular formula is C22H28N6O3. The van der Waals surface area contributed by atoms with Gasteiger partial charge in [0, 0.05) is 55.6 Å². The highest BCUT2D eigenvalue weighted by molar-refractivity contribution is 5.95. The van der Waals surface area contributed by atoms with Crippen LogP contribution in [0.25, 0.3) is 0 Å². The molecule has 9 heteroatoms. The molecule has 0 radical (unpaired) electrons. The van der Waals surface area contributed by atoms with Crippen molar-refractivity contribution in [2.45, 2.75) is 58.4 Å². The third-order valence-corrected chi connectivity index (χ3v) is 6.10. The minimum atomic E-state index is -0.421. The number of carbonyl (C=O) groups excluding carboxylic acids is 2. The number of aryl methyl sites for hydroxylation is 1. The molecule has 1 saturated heterocycles. The van der Waals surface area contributed by atoms with Gasteiger partial charge in [-0.1, -0.05) is 6.92 Å². The maximum atomic E-state index is 12.6. The first-order chi connectivity index (χ1) is 15.0. The molecule has 0 spiro atoms. The number of hydrogen-bond acceptors (Lipinski definition) is 6. The van der Waals surface area contributed by atoms with E-state index in [0.717, 1.165) is 42.2 Å². The van der Waals surface area contributed by atoms with Crippen molar-refractivity contribution in [1.82, 2.24) is 24.4 Å². The minimum absolute atomic E-state index is 0.000116. The first-order valence-corrected chi connectivity index (χ1v) is 10.9. The van der Waals surface area contributed by atoms with Gasteiger partial charge in [-0.3, -0.25) is 19.1 Å². The van der Waals surface area contributed by atoms with E-state index >= 15 is 0 Å². The Morgan fingerprint density at radius 3 is 2.65 bits per heavy atom. The maximum Gasteiger partial charge on any atom is 0.347 e. The van der Waals surface area contributed by atoms with Crippen LogP contribution in [0.4, 0.5) is 5.82 Å². The highest BCUT2D eigenvalue weighted by atomic mass is 16.2. The molecule has 4 heterocycles. The number of carbonyl (C=O) groups is 2. The highest BCUT2D eigenvalue weighted by Gasteiger charge is 2.31. The number of rotatable bonds is 5. The summed E-state index contributed by atoms with van der Waals surface area (Å²) in [6, 6.07) is 1.64. The highest BCUT2D eigenvalue weighted by Crippen LogP contribution is 2.32. The Labute approximate surface area is 181 Å². The summed E-state index contributed by atoms with van der Waals surface area (Å²) < 4.78 is 1.32. The summed E-state index contributed by atoms with van der Waals surface area (Å²) in [5, 5.41) is 0. The fourth-order valence-electron chi connectivity index (χ4n) is 4.38. The van der Waals surface area contributed by atoms with E-state index in [2.05, 4.69) is 11.9 Å². The Bertz CT molecular complexity index is 1040. The van der Waals surface area contributed by atoms with E-state index < -0.39 is 5.69 Å². The molecule has 4 rings (SSSR count). The van der Waals surface area contributed by atoms with Crippen LogP contribution < -0.4 is 10.6 Å². The number of aromatic nitrogens is 4. The molecule has 1 fully saturated rings. The van der Waals surface area contributed by atoms with E-state index in [0.29, 0.717) is 32.5 Å². The van der Waals surface area contributed by atoms with E-state index in [-0.39, 0.29) is 24.3 Å². The van der Waals surface area contributed by atoms with Crippen molar-refractivity contribution < 1.29 is 9.59 Å². The lowest BCUT2D eigenvalue weighted by Crippen LogP contribution is -2.42. The zero-order valence-corrected chi connectivity index (χ0v) is 18.1. The monoisotopic (exact) mass is 424 g/mol. The number of piperidine rings is 1. The number of anilines is 1. The van der Waals surface area contributed by atoms with Gasteiger partial charge in [0.1, 0.15) is 18.2 Å². The number of hydrogen-bond donors (Lipinski definition) is 0. The van der Waals surface area contributed by atoms with Crippen molar-refractivity contribution in [3.8, 4) is 0 Å². The van der Waals surface area contributed by atoms with Crippen molar-refractivity contribution in [3.63, 3.8) is 0 Å². The van der Waals surface area contributed by atoms with Gasteiger partial charge in [-0.2, -0.15) is 0 Å². The summed E-state index contributed by atoms with van der Waals surface area (Å²) >= 11 is 0. The summed E-state index contributed by atoms with van der Waals surface area (Å²) in [5.41, 5.74) is 1.60. The van der Waals surface area contributed by atoms with E-state index in [4.69, 9.17) is 9.97 Å². The van der Waals surface area contributed by atoms with Crippen molar-refractivity contribution >= 4 is 17.6 Å². The van der Waals surface area contributed by atoms with Crippen LogP contribution in [-0.4, -0.2) is 55.9 Å². The van der Waals surface area contributed by atoms with Gasteiger partial charge in [0.25, 0.3) is 0 Å². The van der Waals surface area contributed by atoms with Crippen LogP contribution in [-0.2, 0) is 22.6 Å². The van der Waals surface area contributed by atoms with E-state index in [9.17, 15) is 14.4 Å². The lowest BCUT2D eigenvalue weighted by molar-refractivity contribution is -0.133. The second kappa shape index (κ2) is 8.95. The number of fused-ring (bicyclic) bond motifs is 1. The standard InChI is InChI=1S/C22H28N6O3/c1-3-10-28-18(29)6-5-17-15(2)24-20(25-21(17)28)16-7-12-26(13-8-16)19(30)14-27-11-4-9-23-22(27)31/h4,9,11,16H,3,5-8,10,12-14H2,1-2H3. The molecule has 0 bridgehead atoms. The van der Waals surface area contributed by atoms with Crippen LogP contribution in [0.1, 0.15) is 55.6 Å². The SMILES string of the molecule is CCCN1C(=O)CCc2c(C)nc(C3CCN(C(=O)Cn4cccnc4=O)CC3)nc21. The van der Waals surface area contributed by atoms with E-state index in [1.165, 1.54) is 10.8 Å². The quantitative estimate of drug-likeness (QED) is 0.720. The second-order valence-electron chi connectivity index (χ2n) is 8.20. The van der Waals surface area contributed by atoms with Gasteiger partial charge < -0.3 is 4.90 Å². The van der Waals surface area contributed by atoms with Gasteiger partial charge >= 0.3 is 5.69 Å². The zero-order valence-electron chi connectivity index (χ0n) is 18.1. The first kappa shape index (κ1) is 21.1. The number of likely N-dealkylation sites (tertiary alicyclic amines) is 1. The Morgan fingerprint density at radius 1 is 1.16 bits per heavy atom. The Balaban J connectivity index is 1.46. The first-order valence-electron chi connectivity index (χ1n) is 10.9. The summed E-state index contributed by atoms with van der Waals surface area (Å²) in [4.78, 5) is 53.7. The normalized spacial score (nSPS) is 17.0. The number of nitrogens with zero attached hydrogens (tertiary/aromatic N) is 6. The van der Waals surface area contributed by atoms with Gasteiger partial charge in [-0.05, 0) is 38.7 Å². The van der Waals surface area contributed by atoms with Crippen molar-refractivity contribution in [2.24, 2.45) is 0 Å². The topological polar surface area (TPSA) is 101 Å². The molecule has 2 amide bonds. The molecule has 0 aliphatic carbocycles. The second-order valence-corrected chi connectivity index (χ2v) is 8.20. The van der Waals surface area contributed by atoms with E-state index in [1.807, 2.05) is 6.92 Å². The Hall–Kier alpha value is -3.10. The fraction of sp³-hybridized carbons (Fsp3) is 0.545. The van der Waals surface area contributed by atoms with Crippen LogP contribution in [0, 0.1) is 6.92 Å². The lowest BCUT2D eigenvalue weighted by Gasteiger charge is -2.33. The van der Waals surface area contributed by atoms with Gasteiger partial charge in [-0.25, -0.2) is 19.7 Å². The van der Waals surface area contributed by atoms with Gasteiger partial charge in [0.2, 0.25) is 11.8 Å². The van der Waals surface area contributed by atoms with E-state index in [1.54, 1.807) is 22.1 Å². The van der Waals surface area contributed by atoms with Crippen LogP contribution >= 0.6 is 0 Å². The molecule has 9 nitrogen and oxygen atoms in total. The Kier molecular flexibility index (Phi) is 6.11. The van der Waals surface area contributed by atoms with Crippen LogP contribution in [0.5, 0.6) is 0 Å². The molecular weight excluding hydrogens is 396 g/mol. The molecule has 0 saturated carbocycles. The fourth-order valence-corrected chi connectivity index (χ4v) is 4.38. The average molecular weight is 425 g/mol. The molecule has 2 aliphatic rings. The largest absolute Gasteiger partial charge is 0.347 e. The molecule has 2 aromatic rings.